The monoisotopic (exact) mass is 287 g/mol. The summed E-state index contributed by atoms with van der Waals surface area (Å²) < 4.78 is 0. The smallest absolute Gasteiger partial charge is 0.233 e. The molecule has 104 valence electrons. The van der Waals surface area contributed by atoms with Gasteiger partial charge in [0.25, 0.3) is 0 Å². The molecule has 0 aromatic heterocycles. The lowest BCUT2D eigenvalue weighted by Crippen LogP contribution is -2.28. The summed E-state index contributed by atoms with van der Waals surface area (Å²) >= 11 is 1.70. The maximum Gasteiger partial charge on any atom is 0.233 e. The summed E-state index contributed by atoms with van der Waals surface area (Å²) in [7, 11) is 1.59. The fraction of sp³-hybridized carbons (Fsp3) is 0.375. The molecule has 1 aliphatic carbocycles. The Morgan fingerprint density at radius 2 is 1.85 bits per heavy atom. The molecule has 1 aromatic carbocycles. The molecule has 0 saturated carbocycles. The van der Waals surface area contributed by atoms with Crippen LogP contribution in [0.5, 0.6) is 0 Å². The van der Waals surface area contributed by atoms with Gasteiger partial charge in [-0.05, 0) is 30.4 Å². The minimum atomic E-state index is -0.224. The maximum atomic E-state index is 12.3. The van der Waals surface area contributed by atoms with E-state index in [2.05, 4.69) is 30.3 Å². The van der Waals surface area contributed by atoms with Crippen molar-refractivity contribution in [3.8, 4) is 0 Å². The Kier molecular flexibility index (Phi) is 3.42. The molecule has 2 aliphatic rings. The average molecular weight is 287 g/mol. The van der Waals surface area contributed by atoms with E-state index in [0.717, 1.165) is 5.56 Å². The van der Waals surface area contributed by atoms with E-state index in [1.807, 2.05) is 12.3 Å². The van der Waals surface area contributed by atoms with Crippen LogP contribution in [-0.2, 0) is 9.59 Å². The first-order valence-corrected chi connectivity index (χ1v) is 7.98. The Balaban J connectivity index is 1.96. The number of imide groups is 1. The van der Waals surface area contributed by atoms with Gasteiger partial charge in [-0.2, -0.15) is 0 Å². The summed E-state index contributed by atoms with van der Waals surface area (Å²) in [6.45, 7) is 0. The maximum absolute atomic E-state index is 12.3. The van der Waals surface area contributed by atoms with Gasteiger partial charge in [-0.3, -0.25) is 14.5 Å². The van der Waals surface area contributed by atoms with Crippen LogP contribution in [0, 0.1) is 11.8 Å². The molecular formula is C16H17NO2S. The van der Waals surface area contributed by atoms with Gasteiger partial charge >= 0.3 is 0 Å². The molecule has 3 rings (SSSR count). The summed E-state index contributed by atoms with van der Waals surface area (Å²) in [5.41, 5.74) is 1.12. The van der Waals surface area contributed by atoms with Crippen LogP contribution in [0.25, 0.3) is 0 Å². The molecular weight excluding hydrogens is 270 g/mol. The summed E-state index contributed by atoms with van der Waals surface area (Å²) in [5.74, 6) is -0.454. The minimum absolute atomic E-state index is 0.0195. The Bertz CT molecular complexity index is 579. The van der Waals surface area contributed by atoms with Gasteiger partial charge in [0.1, 0.15) is 0 Å². The summed E-state index contributed by atoms with van der Waals surface area (Å²) in [5, 5.41) is 0. The van der Waals surface area contributed by atoms with Crippen LogP contribution in [0.4, 0.5) is 0 Å². The molecule has 3 atom stereocenters. The fourth-order valence-corrected chi connectivity index (χ4v) is 3.60. The predicted octanol–water partition coefficient (Wildman–Crippen LogP) is 2.68. The molecule has 0 spiro atoms. The lowest BCUT2D eigenvalue weighted by molar-refractivity contribution is -0.138. The van der Waals surface area contributed by atoms with Gasteiger partial charge in [0.05, 0.1) is 11.8 Å². The van der Waals surface area contributed by atoms with Crippen LogP contribution >= 0.6 is 11.8 Å². The van der Waals surface area contributed by atoms with Gasteiger partial charge in [0.2, 0.25) is 11.8 Å². The van der Waals surface area contributed by atoms with Gasteiger partial charge < -0.3 is 0 Å². The molecule has 1 heterocycles. The van der Waals surface area contributed by atoms with E-state index >= 15 is 0 Å². The van der Waals surface area contributed by atoms with Crippen LogP contribution in [0.15, 0.2) is 41.3 Å². The van der Waals surface area contributed by atoms with E-state index in [1.165, 1.54) is 9.80 Å². The van der Waals surface area contributed by atoms with Crippen molar-refractivity contribution in [2.75, 3.05) is 13.3 Å². The van der Waals surface area contributed by atoms with E-state index in [1.54, 1.807) is 18.8 Å². The normalized spacial score (nSPS) is 28.9. The Labute approximate surface area is 123 Å². The number of rotatable bonds is 2. The van der Waals surface area contributed by atoms with E-state index < -0.39 is 0 Å². The van der Waals surface area contributed by atoms with Crippen LogP contribution < -0.4 is 0 Å². The van der Waals surface area contributed by atoms with Crippen molar-refractivity contribution in [1.82, 2.24) is 4.90 Å². The van der Waals surface area contributed by atoms with E-state index in [9.17, 15) is 9.59 Å². The zero-order valence-electron chi connectivity index (χ0n) is 11.6. The summed E-state index contributed by atoms with van der Waals surface area (Å²) in [4.78, 5) is 26.9. The minimum Gasteiger partial charge on any atom is -0.285 e. The van der Waals surface area contributed by atoms with Crippen LogP contribution in [0.2, 0.25) is 0 Å². The van der Waals surface area contributed by atoms with Crippen molar-refractivity contribution in [3.05, 3.63) is 42.0 Å². The van der Waals surface area contributed by atoms with Crippen molar-refractivity contribution < 1.29 is 9.59 Å². The third kappa shape index (κ3) is 1.99. The number of allylic oxidation sites excluding steroid dienone is 2. The highest BCUT2D eigenvalue weighted by atomic mass is 32.2. The largest absolute Gasteiger partial charge is 0.285 e. The Morgan fingerprint density at radius 1 is 1.15 bits per heavy atom. The van der Waals surface area contributed by atoms with Gasteiger partial charge in [-0.15, -0.1) is 11.8 Å². The van der Waals surface area contributed by atoms with Crippen molar-refractivity contribution in [2.24, 2.45) is 11.8 Å². The second-order valence-corrected chi connectivity index (χ2v) is 6.21. The van der Waals surface area contributed by atoms with Gasteiger partial charge in [-0.25, -0.2) is 0 Å². The number of likely N-dealkylation sites (tertiary alicyclic amines) is 1. The molecule has 1 fully saturated rings. The number of hydrogen-bond donors (Lipinski definition) is 0. The predicted molar refractivity (Wildman–Crippen MR) is 79.5 cm³/mol. The standard InChI is InChI=1S/C16H17NO2S/c1-17-15(18)13-5-3-4-12(14(13)16(17)19)10-6-8-11(20-2)9-7-10/h3-4,6-9,12-14H,5H2,1-2H3. The molecule has 4 heteroatoms. The molecule has 3 unspecified atom stereocenters. The number of fused-ring (bicyclic) bond motifs is 1. The topological polar surface area (TPSA) is 37.4 Å². The van der Waals surface area contributed by atoms with Crippen LogP contribution in [0.3, 0.4) is 0 Å². The first-order valence-electron chi connectivity index (χ1n) is 6.75. The Morgan fingerprint density at radius 3 is 2.50 bits per heavy atom. The lowest BCUT2D eigenvalue weighted by atomic mass is 9.74. The Hall–Kier alpha value is -1.55. The molecule has 0 radical (unpaired) electrons. The SMILES string of the molecule is CSc1ccc(C2C=CCC3C(=O)N(C)C(=O)C32)cc1. The molecule has 1 aromatic rings. The number of nitrogens with zero attached hydrogens (tertiary/aromatic N) is 1. The second kappa shape index (κ2) is 5.09. The van der Waals surface area contributed by atoms with Crippen molar-refractivity contribution in [1.29, 1.82) is 0 Å². The van der Waals surface area contributed by atoms with E-state index in [0.29, 0.717) is 6.42 Å². The second-order valence-electron chi connectivity index (χ2n) is 5.33. The molecule has 1 aliphatic heterocycles. The number of benzene rings is 1. The van der Waals surface area contributed by atoms with Crippen molar-refractivity contribution in [3.63, 3.8) is 0 Å². The van der Waals surface area contributed by atoms with Crippen molar-refractivity contribution >= 4 is 23.6 Å². The summed E-state index contributed by atoms with van der Waals surface area (Å²) in [6, 6.07) is 8.28. The van der Waals surface area contributed by atoms with Gasteiger partial charge in [0, 0.05) is 17.9 Å². The molecule has 0 bridgehead atoms. The fourth-order valence-electron chi connectivity index (χ4n) is 3.19. The zero-order valence-corrected chi connectivity index (χ0v) is 12.4. The molecule has 3 nitrogen and oxygen atoms in total. The third-order valence-electron chi connectivity index (χ3n) is 4.32. The van der Waals surface area contributed by atoms with Gasteiger partial charge in [0.15, 0.2) is 0 Å². The third-order valence-corrected chi connectivity index (χ3v) is 5.06. The zero-order chi connectivity index (χ0) is 14.3. The number of amides is 2. The summed E-state index contributed by atoms with van der Waals surface area (Å²) in [6.07, 6.45) is 6.84. The van der Waals surface area contributed by atoms with E-state index in [-0.39, 0.29) is 29.6 Å². The van der Waals surface area contributed by atoms with Gasteiger partial charge in [-0.1, -0.05) is 24.3 Å². The molecule has 20 heavy (non-hydrogen) atoms. The average Bonchev–Trinajstić information content (AvgIpc) is 2.72. The van der Waals surface area contributed by atoms with Crippen LogP contribution in [-0.4, -0.2) is 30.0 Å². The first-order chi connectivity index (χ1) is 9.63. The molecule has 2 amide bonds. The van der Waals surface area contributed by atoms with Crippen LogP contribution in [0.1, 0.15) is 17.9 Å². The number of carbonyl (C=O) groups is 2. The highest BCUT2D eigenvalue weighted by Gasteiger charge is 2.49. The first kappa shape index (κ1) is 13.4. The number of carbonyl (C=O) groups excluding carboxylic acids is 2. The molecule has 0 N–H and O–H groups in total. The molecule has 1 saturated heterocycles. The lowest BCUT2D eigenvalue weighted by Gasteiger charge is -2.26. The number of thioether (sulfide) groups is 1. The van der Waals surface area contributed by atoms with Crippen molar-refractivity contribution in [2.45, 2.75) is 17.2 Å². The quantitative estimate of drug-likeness (QED) is 0.477. The van der Waals surface area contributed by atoms with E-state index in [4.69, 9.17) is 0 Å². The highest BCUT2D eigenvalue weighted by Crippen LogP contribution is 2.43. The number of hydrogen-bond acceptors (Lipinski definition) is 3. The highest BCUT2D eigenvalue weighted by molar-refractivity contribution is 7.98.